The minimum absolute atomic E-state index is 0.478. The van der Waals surface area contributed by atoms with E-state index in [4.69, 9.17) is 0 Å². The monoisotopic (exact) mass is 654 g/mol. The SMILES string of the molecule is CC.CCC.CCCCC.CCCN/C=C\N([CH]=[Pd]=[CH]N(/C=C\NC(C)CC)C1CCCCC1)C1CCCCC1. The molecule has 0 aromatic rings. The summed E-state index contributed by atoms with van der Waals surface area (Å²) in [6, 6.07) is 1.88. The average molecular weight is 655 g/mol. The van der Waals surface area contributed by atoms with Crippen molar-refractivity contribution < 1.29 is 17.1 Å². The van der Waals surface area contributed by atoms with Gasteiger partial charge in [0.1, 0.15) is 0 Å². The molecule has 2 aliphatic rings. The molecule has 0 amide bonds. The fourth-order valence-corrected chi connectivity index (χ4v) is 6.01. The topological polar surface area (TPSA) is 30.5 Å². The van der Waals surface area contributed by atoms with E-state index < -0.39 is 0 Å². The molecule has 2 fully saturated rings. The van der Waals surface area contributed by atoms with Gasteiger partial charge in [0.2, 0.25) is 0 Å². The van der Waals surface area contributed by atoms with Gasteiger partial charge in [0.15, 0.2) is 0 Å². The second kappa shape index (κ2) is 32.6. The fourth-order valence-electron chi connectivity index (χ4n) is 4.45. The Labute approximate surface area is 260 Å². The maximum atomic E-state index is 3.52. The van der Waals surface area contributed by atoms with Crippen LogP contribution in [0.2, 0.25) is 0 Å². The molecule has 0 spiro atoms. The van der Waals surface area contributed by atoms with Crippen LogP contribution >= 0.6 is 0 Å². The summed E-state index contributed by atoms with van der Waals surface area (Å²) in [5.74, 6) is 0. The molecule has 0 saturated heterocycles. The van der Waals surface area contributed by atoms with Gasteiger partial charge in [-0.25, -0.2) is 0 Å². The maximum absolute atomic E-state index is 3.52. The normalized spacial score (nSPS) is 16.5. The molecule has 0 radical (unpaired) electrons. The molecule has 0 aromatic carbocycles. The van der Waals surface area contributed by atoms with Crippen molar-refractivity contribution in [1.82, 2.24) is 20.4 Å². The summed E-state index contributed by atoms with van der Waals surface area (Å²) in [5, 5.41) is 6.94. The first-order valence-electron chi connectivity index (χ1n) is 17.2. The molecule has 0 heterocycles. The van der Waals surface area contributed by atoms with Gasteiger partial charge in [0.05, 0.1) is 0 Å². The van der Waals surface area contributed by atoms with E-state index in [2.05, 4.69) is 103 Å². The van der Waals surface area contributed by atoms with E-state index in [1.54, 1.807) is 0 Å². The third kappa shape index (κ3) is 23.8. The second-order valence-corrected chi connectivity index (χ2v) is 12.2. The predicted octanol–water partition coefficient (Wildman–Crippen LogP) is 9.83. The fraction of sp³-hybridized carbons (Fsp3) is 0.829. The van der Waals surface area contributed by atoms with Gasteiger partial charge in [-0.15, -0.1) is 0 Å². The van der Waals surface area contributed by atoms with Crippen LogP contribution < -0.4 is 10.6 Å². The first-order chi connectivity index (χ1) is 19.6. The number of hydrogen-bond donors (Lipinski definition) is 2. The van der Waals surface area contributed by atoms with Crippen LogP contribution in [0.1, 0.15) is 165 Å². The van der Waals surface area contributed by atoms with Crippen molar-refractivity contribution in [1.29, 1.82) is 0 Å². The second-order valence-electron chi connectivity index (χ2n) is 10.9. The van der Waals surface area contributed by atoms with E-state index in [1.165, 1.54) is 96.3 Å². The van der Waals surface area contributed by atoms with Gasteiger partial charge in [-0.3, -0.25) is 0 Å². The van der Waals surface area contributed by atoms with Crippen molar-refractivity contribution in [2.75, 3.05) is 6.54 Å². The van der Waals surface area contributed by atoms with Gasteiger partial charge >= 0.3 is 194 Å². The Bertz CT molecular complexity index is 613. The Morgan fingerprint density at radius 1 is 0.700 bits per heavy atom. The Morgan fingerprint density at radius 2 is 1.15 bits per heavy atom. The molecule has 2 N–H and O–H groups in total. The van der Waals surface area contributed by atoms with E-state index in [0.717, 1.165) is 13.0 Å². The van der Waals surface area contributed by atoms with Crippen LogP contribution in [0.5, 0.6) is 0 Å². The van der Waals surface area contributed by atoms with Crippen molar-refractivity contribution in [3.63, 3.8) is 0 Å². The molecule has 1 atom stereocenters. The first-order valence-corrected chi connectivity index (χ1v) is 19.0. The van der Waals surface area contributed by atoms with Crippen LogP contribution in [0.25, 0.3) is 0 Å². The molecule has 40 heavy (non-hydrogen) atoms. The summed E-state index contributed by atoms with van der Waals surface area (Å²) < 4.78 is 4.92. The van der Waals surface area contributed by atoms with Crippen molar-refractivity contribution >= 4 is 9.22 Å². The van der Waals surface area contributed by atoms with Crippen molar-refractivity contribution in [3.8, 4) is 0 Å². The Kier molecular flexibility index (Phi) is 33.6. The van der Waals surface area contributed by atoms with E-state index in [1.807, 2.05) is 13.8 Å². The van der Waals surface area contributed by atoms with E-state index in [0.29, 0.717) is 35.2 Å². The van der Waals surface area contributed by atoms with Crippen molar-refractivity contribution in [2.45, 2.75) is 183 Å². The molecule has 1 unspecified atom stereocenters. The number of nitrogens with zero attached hydrogens (tertiary/aromatic N) is 2. The van der Waals surface area contributed by atoms with E-state index in [9.17, 15) is 0 Å². The number of unbranched alkanes of at least 4 members (excludes halogenated alkanes) is 2. The zero-order chi connectivity index (χ0) is 30.3. The van der Waals surface area contributed by atoms with Gasteiger partial charge < -0.3 is 0 Å². The number of rotatable bonds is 14. The summed E-state index contributed by atoms with van der Waals surface area (Å²) in [6.07, 6.45) is 30.1. The molecule has 4 nitrogen and oxygen atoms in total. The Morgan fingerprint density at radius 3 is 1.52 bits per heavy atom. The average Bonchev–Trinajstić information content (AvgIpc) is 3.00. The summed E-state index contributed by atoms with van der Waals surface area (Å²) in [4.78, 5) is 5.02. The molecule has 0 bridgehead atoms. The summed E-state index contributed by atoms with van der Waals surface area (Å²) >= 11 is 0.478. The molecule has 2 rings (SSSR count). The van der Waals surface area contributed by atoms with Gasteiger partial charge in [-0.1, -0.05) is 67.2 Å². The quantitative estimate of drug-likeness (QED) is 0.144. The van der Waals surface area contributed by atoms with Crippen LogP contribution in [-0.4, -0.2) is 43.7 Å². The van der Waals surface area contributed by atoms with Gasteiger partial charge in [-0.2, -0.15) is 0 Å². The van der Waals surface area contributed by atoms with Crippen LogP contribution in [0.15, 0.2) is 24.8 Å². The standard InChI is InChI=1S/C13H24N2.C12H22N2.C5H12.C3H8.C2H6.Pd/c1-4-12(2)14-10-11-15(3)13-8-6-5-7-9-13;1-3-9-13-10-11-14(2)12-7-5-4-6-8-12;1-3-5-4-2;1-3-2;1-2;/h3,10-14H,4-9H2,1-2H3;2,10-13H,3-9H2,1H3;3-5H2,1-2H3;3H2,1-2H3;1-2H3;/b2*11-10-;;;;. The van der Waals surface area contributed by atoms with Crippen molar-refractivity contribution in [3.05, 3.63) is 24.8 Å². The zero-order valence-electron chi connectivity index (χ0n) is 28.4. The first kappa shape index (κ1) is 41.2. The molecule has 5 heteroatoms. The third-order valence-electron chi connectivity index (χ3n) is 6.98. The molecule has 0 aliphatic heterocycles. The van der Waals surface area contributed by atoms with Crippen LogP contribution in [-0.2, 0) is 17.1 Å². The minimum atomic E-state index is 0.478. The number of hydrogen-bond acceptors (Lipinski definition) is 4. The van der Waals surface area contributed by atoms with Crippen LogP contribution in [0.4, 0.5) is 0 Å². The van der Waals surface area contributed by atoms with Gasteiger partial charge in [0, 0.05) is 0 Å². The summed E-state index contributed by atoms with van der Waals surface area (Å²) in [7, 11) is 0. The Hall–Kier alpha value is -0.918. The van der Waals surface area contributed by atoms with E-state index >= 15 is 0 Å². The zero-order valence-corrected chi connectivity index (χ0v) is 30.0. The molecule has 2 saturated carbocycles. The molecule has 2 aliphatic carbocycles. The van der Waals surface area contributed by atoms with Crippen LogP contribution in [0.3, 0.4) is 0 Å². The van der Waals surface area contributed by atoms with Crippen LogP contribution in [0, 0.1) is 0 Å². The molecular weight excluding hydrogens is 583 g/mol. The third-order valence-corrected chi connectivity index (χ3v) is 8.37. The molecular formula is C35H72N4Pd. The number of nitrogens with one attached hydrogen (secondary N) is 2. The molecule has 242 valence electrons. The predicted molar refractivity (Wildman–Crippen MR) is 182 cm³/mol. The van der Waals surface area contributed by atoms with Crippen molar-refractivity contribution in [2.24, 2.45) is 0 Å². The summed E-state index contributed by atoms with van der Waals surface area (Å²) in [6.45, 7) is 20.4. The van der Waals surface area contributed by atoms with E-state index in [-0.39, 0.29) is 0 Å². The Balaban J connectivity index is 0. The van der Waals surface area contributed by atoms with Gasteiger partial charge in [0.25, 0.3) is 0 Å². The van der Waals surface area contributed by atoms with Gasteiger partial charge in [-0.05, 0) is 0 Å². The summed E-state index contributed by atoms with van der Waals surface area (Å²) in [5.41, 5.74) is 0. The molecule has 0 aromatic heterocycles.